The average molecular weight is 579 g/mol. The first-order chi connectivity index (χ1) is 19.0. The van der Waals surface area contributed by atoms with Crippen molar-refractivity contribution < 1.29 is 17.9 Å². The quantitative estimate of drug-likeness (QED) is 0.373. The van der Waals surface area contributed by atoms with Gasteiger partial charge in [0.25, 0.3) is 15.9 Å². The maximum Gasteiger partial charge on any atom is 0.264 e. The molecule has 2 heterocycles. The first kappa shape index (κ1) is 30.5. The van der Waals surface area contributed by atoms with Crippen molar-refractivity contribution in [3.63, 3.8) is 0 Å². The van der Waals surface area contributed by atoms with E-state index in [1.54, 1.807) is 18.2 Å². The first-order valence-corrected chi connectivity index (χ1v) is 15.5. The number of anilines is 1. The van der Waals surface area contributed by atoms with Crippen LogP contribution >= 0.6 is 0 Å². The Bertz CT molecular complexity index is 1520. The molecule has 2 aromatic carbocycles. The van der Waals surface area contributed by atoms with Crippen molar-refractivity contribution in [3.05, 3.63) is 65.2 Å². The summed E-state index contributed by atoms with van der Waals surface area (Å²) in [5.74, 6) is -0.0751. The van der Waals surface area contributed by atoms with E-state index >= 15 is 0 Å². The molecule has 4 bridgehead atoms. The summed E-state index contributed by atoms with van der Waals surface area (Å²) in [6.07, 6.45) is 1.45. The number of fused-ring (bicyclic) bond motifs is 4. The number of nitrogens with zero attached hydrogens (tertiary/aromatic N) is 3. The van der Waals surface area contributed by atoms with Gasteiger partial charge >= 0.3 is 0 Å². The number of nitrogens with one attached hydrogen (secondary N) is 1. The fourth-order valence-corrected chi connectivity index (χ4v) is 6.08. The lowest BCUT2D eigenvalue weighted by molar-refractivity contribution is 0.0506. The Hall–Kier alpha value is -3.46. The molecule has 0 saturated heterocycles. The third-order valence-electron chi connectivity index (χ3n) is 7.13. The Morgan fingerprint density at radius 3 is 2.24 bits per heavy atom. The van der Waals surface area contributed by atoms with Gasteiger partial charge in [-0.1, -0.05) is 65.8 Å². The van der Waals surface area contributed by atoms with Crippen LogP contribution in [0.4, 0.5) is 5.95 Å². The van der Waals surface area contributed by atoms with Crippen LogP contribution in [-0.2, 0) is 10.0 Å². The topological polar surface area (TPSA) is 101 Å². The van der Waals surface area contributed by atoms with Crippen LogP contribution in [0.2, 0.25) is 0 Å². The van der Waals surface area contributed by atoms with Gasteiger partial charge in [0.1, 0.15) is 6.61 Å². The van der Waals surface area contributed by atoms with Crippen molar-refractivity contribution in [2.45, 2.75) is 79.2 Å². The zero-order valence-electron chi connectivity index (χ0n) is 25.4. The maximum absolute atomic E-state index is 14.1. The van der Waals surface area contributed by atoms with Gasteiger partial charge in [-0.2, -0.15) is 4.98 Å². The number of amides is 1. The number of ether oxygens (including phenoxy) is 1. The molecule has 8 nitrogen and oxygen atoms in total. The molecule has 3 aromatic rings. The molecular weight excluding hydrogens is 536 g/mol. The van der Waals surface area contributed by atoms with Crippen molar-refractivity contribution >= 4 is 21.9 Å². The van der Waals surface area contributed by atoms with Gasteiger partial charge in [-0.05, 0) is 66.8 Å². The number of aromatic nitrogens is 2. The molecule has 0 aliphatic carbocycles. The van der Waals surface area contributed by atoms with Gasteiger partial charge in [0.15, 0.2) is 0 Å². The summed E-state index contributed by atoms with van der Waals surface area (Å²) in [7, 11) is -4.10. The number of sulfonamides is 1. The number of carbonyl (C=O) groups excluding carboxylic acids is 1. The van der Waals surface area contributed by atoms with Gasteiger partial charge < -0.3 is 9.64 Å². The minimum Gasteiger partial charge on any atom is -0.475 e. The summed E-state index contributed by atoms with van der Waals surface area (Å²) in [4.78, 5) is 24.9. The molecule has 0 unspecified atom stereocenters. The molecule has 1 N–H and O–H groups in total. The molecule has 1 amide bonds. The average Bonchev–Trinajstić information content (AvgIpc) is 2.85. The van der Waals surface area contributed by atoms with E-state index in [0.717, 1.165) is 23.1 Å². The molecule has 0 radical (unpaired) electrons. The number of hydrogen-bond donors (Lipinski definition) is 1. The van der Waals surface area contributed by atoms with E-state index in [1.165, 1.54) is 12.1 Å². The van der Waals surface area contributed by atoms with Crippen LogP contribution in [0.3, 0.4) is 0 Å². The van der Waals surface area contributed by atoms with Crippen molar-refractivity contribution in [3.8, 4) is 17.1 Å². The SMILES string of the molecule is Cc1cccc(C)c1-c1cc2nc(n1)NS(=O)(=O)c1cccc(c1)C(=O)N(CCC(C)(C)C)[C@H](CC(C)(C)C)CO2. The van der Waals surface area contributed by atoms with Crippen LogP contribution in [0, 0.1) is 24.7 Å². The highest BCUT2D eigenvalue weighted by Crippen LogP contribution is 2.32. The van der Waals surface area contributed by atoms with Gasteiger partial charge in [-0.25, -0.2) is 18.1 Å². The van der Waals surface area contributed by atoms with E-state index < -0.39 is 10.0 Å². The Labute approximate surface area is 244 Å². The Kier molecular flexibility index (Phi) is 8.50. The summed E-state index contributed by atoms with van der Waals surface area (Å²) in [5.41, 5.74) is 3.64. The maximum atomic E-state index is 14.1. The third kappa shape index (κ3) is 7.64. The van der Waals surface area contributed by atoms with Crippen molar-refractivity contribution in [2.24, 2.45) is 10.8 Å². The molecule has 1 aliphatic rings. The highest BCUT2D eigenvalue weighted by Gasteiger charge is 2.32. The largest absolute Gasteiger partial charge is 0.475 e. The zero-order chi connectivity index (χ0) is 30.2. The van der Waals surface area contributed by atoms with Crippen LogP contribution in [0.25, 0.3) is 11.3 Å². The molecule has 0 fully saturated rings. The number of aryl methyl sites for hydroxylation is 2. The third-order valence-corrected chi connectivity index (χ3v) is 8.46. The summed E-state index contributed by atoms with van der Waals surface area (Å²) >= 11 is 0. The molecule has 1 aliphatic heterocycles. The first-order valence-electron chi connectivity index (χ1n) is 14.0. The second-order valence-electron chi connectivity index (χ2n) is 13.4. The predicted octanol–water partition coefficient (Wildman–Crippen LogP) is 6.64. The minimum absolute atomic E-state index is 0.00838. The smallest absolute Gasteiger partial charge is 0.264 e. The monoisotopic (exact) mass is 578 g/mol. The van der Waals surface area contributed by atoms with Gasteiger partial charge in [0, 0.05) is 23.7 Å². The summed E-state index contributed by atoms with van der Waals surface area (Å²) < 4.78 is 35.8. The molecule has 9 heteroatoms. The van der Waals surface area contributed by atoms with Gasteiger partial charge in [-0.15, -0.1) is 0 Å². The van der Waals surface area contributed by atoms with Crippen LogP contribution in [0.1, 0.15) is 75.9 Å². The van der Waals surface area contributed by atoms with E-state index in [-0.39, 0.29) is 46.1 Å². The van der Waals surface area contributed by atoms with Crippen LogP contribution in [0.15, 0.2) is 53.4 Å². The van der Waals surface area contributed by atoms with Gasteiger partial charge in [-0.3, -0.25) is 4.79 Å². The molecule has 4 rings (SSSR count). The lowest BCUT2D eigenvalue weighted by Gasteiger charge is -2.37. The molecular formula is C32H42N4O4S. The highest BCUT2D eigenvalue weighted by atomic mass is 32.2. The van der Waals surface area contributed by atoms with E-state index in [1.807, 2.05) is 36.9 Å². The highest BCUT2D eigenvalue weighted by molar-refractivity contribution is 7.92. The van der Waals surface area contributed by atoms with E-state index in [9.17, 15) is 13.2 Å². The number of hydrogen-bond acceptors (Lipinski definition) is 6. The van der Waals surface area contributed by atoms with E-state index in [2.05, 4.69) is 56.2 Å². The summed E-state index contributed by atoms with van der Waals surface area (Å²) in [6.45, 7) is 17.5. The van der Waals surface area contributed by atoms with Gasteiger partial charge in [0.05, 0.1) is 16.6 Å². The fourth-order valence-electron chi connectivity index (χ4n) is 5.09. The summed E-state index contributed by atoms with van der Waals surface area (Å²) in [6, 6.07) is 13.6. The molecule has 1 aromatic heterocycles. The zero-order valence-corrected chi connectivity index (χ0v) is 26.2. The Balaban J connectivity index is 1.90. The van der Waals surface area contributed by atoms with Gasteiger partial charge in [0.2, 0.25) is 11.8 Å². The van der Waals surface area contributed by atoms with E-state index in [4.69, 9.17) is 4.74 Å². The van der Waals surface area contributed by atoms with Crippen molar-refractivity contribution in [1.29, 1.82) is 0 Å². The Morgan fingerprint density at radius 1 is 0.951 bits per heavy atom. The van der Waals surface area contributed by atoms with Crippen molar-refractivity contribution in [2.75, 3.05) is 17.9 Å². The Morgan fingerprint density at radius 2 is 1.61 bits per heavy atom. The van der Waals surface area contributed by atoms with Crippen LogP contribution in [0.5, 0.6) is 5.88 Å². The predicted molar refractivity (Wildman–Crippen MR) is 163 cm³/mol. The normalized spacial score (nSPS) is 17.5. The summed E-state index contributed by atoms with van der Waals surface area (Å²) in [5, 5.41) is 0. The lowest BCUT2D eigenvalue weighted by Crippen LogP contribution is -2.46. The second-order valence-corrected chi connectivity index (χ2v) is 15.0. The standard InChI is InChI=1S/C32H42N4O4S/c1-21-11-9-12-22(2)28(21)26-18-27-34-30(33-26)35-41(38,39)25-14-10-13-23(17-25)29(37)36(16-15-31(3,4)5)24(20-40-27)19-32(6,7)8/h9-14,17-18,24H,15-16,19-20H2,1-8H3,(H,33,34,35)/t24-/m1/s1. The molecule has 0 spiro atoms. The number of carbonyl (C=O) groups is 1. The fraction of sp³-hybridized carbons (Fsp3) is 0.469. The lowest BCUT2D eigenvalue weighted by atomic mass is 9.86. The van der Waals surface area contributed by atoms with Crippen LogP contribution < -0.4 is 9.46 Å². The second kappa shape index (κ2) is 11.4. The number of rotatable bonds is 4. The number of benzene rings is 2. The van der Waals surface area contributed by atoms with Crippen LogP contribution in [-0.4, -0.2) is 48.4 Å². The van der Waals surface area contributed by atoms with E-state index in [0.29, 0.717) is 24.2 Å². The molecule has 220 valence electrons. The van der Waals surface area contributed by atoms with Crippen molar-refractivity contribution in [1.82, 2.24) is 14.9 Å². The minimum atomic E-state index is -4.10. The molecule has 0 saturated carbocycles. The molecule has 1 atom stereocenters. The molecule has 41 heavy (non-hydrogen) atoms.